The molecule has 2 nitrogen and oxygen atoms in total. The molecule has 0 fully saturated rings. The standard InChI is InChI=1S/C15H19NOS/c1-3-7-16-10-14-9-12(4-5-15(14)17-2)13-6-8-18-11-13/h4-6,8-9,11,16H,3,7,10H2,1-2H3. The van der Waals surface area contributed by atoms with Crippen LogP contribution in [-0.2, 0) is 6.54 Å². The Morgan fingerprint density at radius 1 is 1.22 bits per heavy atom. The summed E-state index contributed by atoms with van der Waals surface area (Å²) in [4.78, 5) is 0. The molecule has 0 saturated carbocycles. The minimum atomic E-state index is 0.856. The smallest absolute Gasteiger partial charge is 0.123 e. The molecule has 0 atom stereocenters. The molecule has 0 unspecified atom stereocenters. The Bertz CT molecular complexity index is 479. The van der Waals surface area contributed by atoms with E-state index in [2.05, 4.69) is 47.3 Å². The van der Waals surface area contributed by atoms with E-state index in [0.29, 0.717) is 0 Å². The number of thiophene rings is 1. The van der Waals surface area contributed by atoms with E-state index in [4.69, 9.17) is 4.74 Å². The first kappa shape index (κ1) is 13.1. The van der Waals surface area contributed by atoms with Gasteiger partial charge in [0.05, 0.1) is 7.11 Å². The van der Waals surface area contributed by atoms with Crippen LogP contribution >= 0.6 is 11.3 Å². The predicted octanol–water partition coefficient (Wildman–Crippen LogP) is 3.92. The monoisotopic (exact) mass is 261 g/mol. The average molecular weight is 261 g/mol. The lowest BCUT2D eigenvalue weighted by Crippen LogP contribution is -2.14. The summed E-state index contributed by atoms with van der Waals surface area (Å²) in [5.41, 5.74) is 3.75. The van der Waals surface area contributed by atoms with Crippen LogP contribution in [0.2, 0.25) is 0 Å². The summed E-state index contributed by atoms with van der Waals surface area (Å²) >= 11 is 1.72. The Morgan fingerprint density at radius 3 is 2.78 bits per heavy atom. The van der Waals surface area contributed by atoms with Crippen molar-refractivity contribution in [1.82, 2.24) is 5.32 Å². The van der Waals surface area contributed by atoms with Gasteiger partial charge in [-0.05, 0) is 53.1 Å². The summed E-state index contributed by atoms with van der Waals surface area (Å²) in [5, 5.41) is 7.70. The molecule has 1 N–H and O–H groups in total. The molecule has 0 saturated heterocycles. The molecule has 0 aliphatic carbocycles. The summed E-state index contributed by atoms with van der Waals surface area (Å²) in [6.45, 7) is 4.06. The van der Waals surface area contributed by atoms with Crippen LogP contribution in [0.1, 0.15) is 18.9 Å². The molecule has 3 heteroatoms. The summed E-state index contributed by atoms with van der Waals surface area (Å²) in [5.74, 6) is 0.956. The van der Waals surface area contributed by atoms with Crippen LogP contribution in [0.15, 0.2) is 35.0 Å². The molecule has 2 aromatic rings. The third kappa shape index (κ3) is 3.12. The van der Waals surface area contributed by atoms with Crippen molar-refractivity contribution in [3.63, 3.8) is 0 Å². The number of methoxy groups -OCH3 is 1. The van der Waals surface area contributed by atoms with E-state index in [-0.39, 0.29) is 0 Å². The van der Waals surface area contributed by atoms with Gasteiger partial charge in [0.1, 0.15) is 5.75 Å². The number of nitrogens with one attached hydrogen (secondary N) is 1. The van der Waals surface area contributed by atoms with Gasteiger partial charge in [0, 0.05) is 12.1 Å². The van der Waals surface area contributed by atoms with Gasteiger partial charge < -0.3 is 10.1 Å². The average Bonchev–Trinajstić information content (AvgIpc) is 2.93. The Hall–Kier alpha value is -1.32. The Labute approximate surface area is 113 Å². The molecule has 0 aliphatic rings. The van der Waals surface area contributed by atoms with Crippen LogP contribution in [0.5, 0.6) is 5.75 Å². The highest BCUT2D eigenvalue weighted by atomic mass is 32.1. The van der Waals surface area contributed by atoms with Gasteiger partial charge in [-0.25, -0.2) is 0 Å². The first-order valence-corrected chi connectivity index (χ1v) is 7.19. The molecule has 0 spiro atoms. The van der Waals surface area contributed by atoms with Crippen molar-refractivity contribution in [2.45, 2.75) is 19.9 Å². The molecule has 0 aliphatic heterocycles. The van der Waals surface area contributed by atoms with Crippen molar-refractivity contribution in [1.29, 1.82) is 0 Å². The van der Waals surface area contributed by atoms with Crippen molar-refractivity contribution >= 4 is 11.3 Å². The van der Waals surface area contributed by atoms with Gasteiger partial charge in [0.25, 0.3) is 0 Å². The highest BCUT2D eigenvalue weighted by molar-refractivity contribution is 7.08. The van der Waals surface area contributed by atoms with Crippen LogP contribution in [0, 0.1) is 0 Å². The van der Waals surface area contributed by atoms with Crippen molar-refractivity contribution in [2.75, 3.05) is 13.7 Å². The quantitative estimate of drug-likeness (QED) is 0.796. The first-order chi connectivity index (χ1) is 8.85. The lowest BCUT2D eigenvalue weighted by Gasteiger charge is -2.11. The third-order valence-corrected chi connectivity index (χ3v) is 3.56. The maximum Gasteiger partial charge on any atom is 0.123 e. The summed E-state index contributed by atoms with van der Waals surface area (Å²) in [6, 6.07) is 8.53. The zero-order valence-corrected chi connectivity index (χ0v) is 11.7. The van der Waals surface area contributed by atoms with Gasteiger partial charge in [0.15, 0.2) is 0 Å². The molecule has 2 rings (SSSR count). The van der Waals surface area contributed by atoms with E-state index in [0.717, 1.165) is 25.3 Å². The van der Waals surface area contributed by atoms with Crippen molar-refractivity contribution in [3.05, 3.63) is 40.6 Å². The van der Waals surface area contributed by atoms with Crippen LogP contribution in [0.3, 0.4) is 0 Å². The maximum atomic E-state index is 5.41. The van der Waals surface area contributed by atoms with Crippen molar-refractivity contribution in [2.24, 2.45) is 0 Å². The fourth-order valence-corrected chi connectivity index (χ4v) is 2.59. The van der Waals surface area contributed by atoms with E-state index in [1.165, 1.54) is 16.7 Å². The second-order valence-corrected chi connectivity index (χ2v) is 5.00. The Morgan fingerprint density at radius 2 is 2.11 bits per heavy atom. The van der Waals surface area contributed by atoms with Gasteiger partial charge in [-0.1, -0.05) is 13.0 Å². The zero-order valence-electron chi connectivity index (χ0n) is 10.9. The van der Waals surface area contributed by atoms with Crippen LogP contribution in [0.25, 0.3) is 11.1 Å². The fourth-order valence-electron chi connectivity index (χ4n) is 1.92. The summed E-state index contributed by atoms with van der Waals surface area (Å²) < 4.78 is 5.41. The molecule has 96 valence electrons. The number of ether oxygens (including phenoxy) is 1. The third-order valence-electron chi connectivity index (χ3n) is 2.88. The molecule has 0 radical (unpaired) electrons. The van der Waals surface area contributed by atoms with Gasteiger partial charge >= 0.3 is 0 Å². The normalized spacial score (nSPS) is 10.6. The van der Waals surface area contributed by atoms with Gasteiger partial charge in [-0.3, -0.25) is 0 Å². The molecular weight excluding hydrogens is 242 g/mol. The zero-order chi connectivity index (χ0) is 12.8. The SMILES string of the molecule is CCCNCc1cc(-c2ccsc2)ccc1OC. The van der Waals surface area contributed by atoms with Crippen molar-refractivity contribution in [3.8, 4) is 16.9 Å². The van der Waals surface area contributed by atoms with Crippen molar-refractivity contribution < 1.29 is 4.74 Å². The second kappa shape index (κ2) is 6.57. The second-order valence-electron chi connectivity index (χ2n) is 4.22. The molecule has 1 aromatic heterocycles. The summed E-state index contributed by atoms with van der Waals surface area (Å²) in [7, 11) is 1.73. The molecule has 18 heavy (non-hydrogen) atoms. The van der Waals surface area contributed by atoms with Gasteiger partial charge in [0.2, 0.25) is 0 Å². The summed E-state index contributed by atoms with van der Waals surface area (Å²) in [6.07, 6.45) is 1.15. The number of hydrogen-bond acceptors (Lipinski definition) is 3. The van der Waals surface area contributed by atoms with Gasteiger partial charge in [-0.15, -0.1) is 0 Å². The van der Waals surface area contributed by atoms with E-state index >= 15 is 0 Å². The van der Waals surface area contributed by atoms with E-state index in [1.54, 1.807) is 18.4 Å². The lowest BCUT2D eigenvalue weighted by atomic mass is 10.0. The van der Waals surface area contributed by atoms with E-state index in [9.17, 15) is 0 Å². The predicted molar refractivity (Wildman–Crippen MR) is 78.3 cm³/mol. The Balaban J connectivity index is 2.22. The van der Waals surface area contributed by atoms with Crippen LogP contribution in [0.4, 0.5) is 0 Å². The first-order valence-electron chi connectivity index (χ1n) is 6.25. The van der Waals surface area contributed by atoms with Gasteiger partial charge in [-0.2, -0.15) is 11.3 Å². The minimum Gasteiger partial charge on any atom is -0.496 e. The highest BCUT2D eigenvalue weighted by Crippen LogP contribution is 2.27. The van der Waals surface area contributed by atoms with Crippen LogP contribution < -0.4 is 10.1 Å². The molecule has 0 amide bonds. The minimum absolute atomic E-state index is 0.856. The molecule has 0 bridgehead atoms. The largest absolute Gasteiger partial charge is 0.496 e. The van der Waals surface area contributed by atoms with E-state index < -0.39 is 0 Å². The molecule has 1 heterocycles. The molecule has 1 aromatic carbocycles. The number of hydrogen-bond donors (Lipinski definition) is 1. The maximum absolute atomic E-state index is 5.41. The fraction of sp³-hybridized carbons (Fsp3) is 0.333. The highest BCUT2D eigenvalue weighted by Gasteiger charge is 2.05. The van der Waals surface area contributed by atoms with E-state index in [1.807, 2.05) is 0 Å². The van der Waals surface area contributed by atoms with Crippen LogP contribution in [-0.4, -0.2) is 13.7 Å². The topological polar surface area (TPSA) is 21.3 Å². The Kier molecular flexibility index (Phi) is 4.79. The molecular formula is C15H19NOS. The lowest BCUT2D eigenvalue weighted by molar-refractivity contribution is 0.408. The number of rotatable bonds is 6. The number of benzene rings is 1.